The summed E-state index contributed by atoms with van der Waals surface area (Å²) < 4.78 is 64.2. The van der Waals surface area contributed by atoms with Crippen molar-refractivity contribution in [3.8, 4) is 0 Å². The van der Waals surface area contributed by atoms with Gasteiger partial charge in [0.05, 0.1) is 12.2 Å². The molecule has 0 aromatic rings. The number of Topliss-reactive ketones (excluding diaryl/α,β-unsaturated/α-hetero) is 2. The number of allylic oxidation sites excluding steroid dienone is 8. The molecule has 0 amide bonds. The van der Waals surface area contributed by atoms with E-state index in [1.807, 2.05) is 0 Å². The summed E-state index contributed by atoms with van der Waals surface area (Å²) in [5.74, 6) is -6.49. The lowest BCUT2D eigenvalue weighted by molar-refractivity contribution is -0.223. The van der Waals surface area contributed by atoms with E-state index >= 15 is 17.6 Å². The minimum Gasteiger partial charge on any atom is -0.390 e. The van der Waals surface area contributed by atoms with E-state index in [4.69, 9.17) is 0 Å². The van der Waals surface area contributed by atoms with Gasteiger partial charge >= 0.3 is 0 Å². The van der Waals surface area contributed by atoms with E-state index in [1.54, 1.807) is 27.7 Å². The summed E-state index contributed by atoms with van der Waals surface area (Å²) in [7, 11) is 0. The molecule has 14 heteroatoms. The van der Waals surface area contributed by atoms with Crippen LogP contribution in [-0.4, -0.2) is 114 Å². The second kappa shape index (κ2) is 13.3. The lowest BCUT2D eigenvalue weighted by atomic mass is 9.44. The summed E-state index contributed by atoms with van der Waals surface area (Å²) in [6.07, 6.45) is 0.854. The summed E-state index contributed by atoms with van der Waals surface area (Å²) >= 11 is 0. The minimum atomic E-state index is -2.24. The van der Waals surface area contributed by atoms with Crippen LogP contribution in [0.4, 0.5) is 17.6 Å². The summed E-state index contributed by atoms with van der Waals surface area (Å²) in [6.45, 7) is 7.93. The maximum absolute atomic E-state index is 16.9. The molecule has 0 radical (unpaired) electrons. The largest absolute Gasteiger partial charge is 0.390 e. The number of aliphatic hydroxyl groups excluding tert-OH is 4. The second-order valence-corrected chi connectivity index (χ2v) is 19.7. The quantitative estimate of drug-likeness (QED) is 0.228. The smallest absolute Gasteiger partial charge is 0.190 e. The van der Waals surface area contributed by atoms with Gasteiger partial charge in [0.25, 0.3) is 0 Å². The molecule has 6 fully saturated rings. The third-order valence-electron chi connectivity index (χ3n) is 17.6. The van der Waals surface area contributed by atoms with Gasteiger partial charge in [-0.05, 0) is 111 Å². The molecule has 18 atom stereocenters. The van der Waals surface area contributed by atoms with Crippen LogP contribution in [0.5, 0.6) is 0 Å². The molecule has 58 heavy (non-hydrogen) atoms. The minimum absolute atomic E-state index is 0.0409. The number of carbonyl (C=O) groups excluding carboxylic acids is 4. The number of fused-ring (bicyclic) bond motifs is 10. The van der Waals surface area contributed by atoms with Crippen molar-refractivity contribution in [3.05, 3.63) is 47.6 Å². The van der Waals surface area contributed by atoms with Crippen LogP contribution in [0, 0.1) is 57.2 Å². The Kier molecular flexibility index (Phi) is 9.92. The lowest BCUT2D eigenvalue weighted by Gasteiger charge is -2.63. The second-order valence-electron chi connectivity index (χ2n) is 19.7. The number of rotatable bonds is 4. The summed E-state index contributed by atoms with van der Waals surface area (Å²) in [4.78, 5) is 48.7. The predicted octanol–water partition coefficient (Wildman–Crippen LogP) is 3.69. The van der Waals surface area contributed by atoms with E-state index in [-0.39, 0.29) is 49.7 Å². The Bertz CT molecular complexity index is 1810. The van der Waals surface area contributed by atoms with Crippen molar-refractivity contribution in [1.29, 1.82) is 0 Å². The van der Waals surface area contributed by atoms with Gasteiger partial charge in [-0.3, -0.25) is 19.2 Å². The summed E-state index contributed by atoms with van der Waals surface area (Å²) in [5, 5.41) is 63.8. The standard InChI is InChI=1S/2C22H28F2O5/c2*1-11-6-13-14-8-16(23)15-7-12(26)4-5-19(15,2)21(14,24)17(27)9-20(13,3)22(11,29)18(28)10-25/h2*4-5,7,11,13-14,16-17,25,27,29H,6,8-10H2,1-3H3/t2*11-,13-,14-,16-,17-,19-,20-,21-,22-/m00/s1. The molecule has 0 unspecified atom stereocenters. The third kappa shape index (κ3) is 4.93. The van der Waals surface area contributed by atoms with Crippen molar-refractivity contribution in [2.24, 2.45) is 57.2 Å². The number of alkyl halides is 4. The molecule has 0 saturated heterocycles. The molecule has 320 valence electrons. The van der Waals surface area contributed by atoms with E-state index < -0.39 is 141 Å². The van der Waals surface area contributed by atoms with Crippen molar-refractivity contribution < 1.29 is 67.4 Å². The summed E-state index contributed by atoms with van der Waals surface area (Å²) in [5.41, 5.74) is -13.6. The van der Waals surface area contributed by atoms with Crippen molar-refractivity contribution in [2.45, 2.75) is 127 Å². The Labute approximate surface area is 335 Å². The first-order valence-electron chi connectivity index (χ1n) is 20.4. The molecule has 6 saturated carbocycles. The molecular weight excluding hydrogens is 764 g/mol. The van der Waals surface area contributed by atoms with Crippen molar-refractivity contribution in [2.75, 3.05) is 13.2 Å². The zero-order valence-electron chi connectivity index (χ0n) is 33.7. The van der Waals surface area contributed by atoms with Gasteiger partial charge in [-0.2, -0.15) is 0 Å². The highest BCUT2D eigenvalue weighted by atomic mass is 19.2. The Hall–Kier alpha value is -2.88. The number of halogens is 4. The molecular formula is C44H56F4O10. The fourth-order valence-electron chi connectivity index (χ4n) is 14.5. The van der Waals surface area contributed by atoms with E-state index in [9.17, 15) is 49.8 Å². The fraction of sp³-hybridized carbons (Fsp3) is 0.727. The van der Waals surface area contributed by atoms with Crippen LogP contribution in [0.1, 0.15) is 80.1 Å². The number of carbonyl (C=O) groups is 4. The molecule has 10 nitrogen and oxygen atoms in total. The lowest BCUT2D eigenvalue weighted by Crippen LogP contribution is -2.70. The number of hydrogen-bond donors (Lipinski definition) is 6. The van der Waals surface area contributed by atoms with E-state index in [1.165, 1.54) is 38.2 Å². The van der Waals surface area contributed by atoms with Gasteiger partial charge in [-0.1, -0.05) is 39.8 Å². The highest BCUT2D eigenvalue weighted by Crippen LogP contribution is 2.72. The molecule has 0 bridgehead atoms. The van der Waals surface area contributed by atoms with Gasteiger partial charge in [0.1, 0.15) is 36.8 Å². The van der Waals surface area contributed by atoms with Gasteiger partial charge in [-0.25, -0.2) is 17.6 Å². The molecule has 6 N–H and O–H groups in total. The van der Waals surface area contributed by atoms with Gasteiger partial charge in [0, 0.05) is 33.5 Å². The average Bonchev–Trinajstić information content (AvgIpc) is 3.50. The molecule has 0 aromatic heterocycles. The molecule has 0 heterocycles. The Morgan fingerprint density at radius 3 is 1.28 bits per heavy atom. The van der Waals surface area contributed by atoms with Crippen LogP contribution in [0.3, 0.4) is 0 Å². The predicted molar refractivity (Wildman–Crippen MR) is 200 cm³/mol. The van der Waals surface area contributed by atoms with Crippen LogP contribution in [0.25, 0.3) is 0 Å². The molecule has 8 aliphatic rings. The summed E-state index contributed by atoms with van der Waals surface area (Å²) in [6, 6.07) is 0. The number of aliphatic hydroxyl groups is 6. The molecule has 8 rings (SSSR count). The Morgan fingerprint density at radius 1 is 0.638 bits per heavy atom. The maximum atomic E-state index is 16.9. The van der Waals surface area contributed by atoms with Gasteiger partial charge in [0.15, 0.2) is 34.5 Å². The fourth-order valence-corrected chi connectivity index (χ4v) is 14.5. The van der Waals surface area contributed by atoms with Crippen molar-refractivity contribution in [3.63, 3.8) is 0 Å². The zero-order chi connectivity index (χ0) is 43.1. The Balaban J connectivity index is 0.000000177. The first-order valence-corrected chi connectivity index (χ1v) is 20.4. The SMILES string of the molecule is C[C@H]1C[C@H]2[C@@H]3C[C@H](F)C4=CC(=O)C=C[C@]4(C)[C@@]3(F)[C@@H](O)C[C@]2(C)[C@@]1(O)C(=O)CO.C[C@H]1C[C@H]2[C@@H]3C[C@H](F)C4=CC(=O)C=C[C@]4(C)[C@@]3(F)[C@@H](O)C[C@]2(C)[C@@]1(O)C(=O)CO. The first kappa shape index (κ1) is 43.2. The van der Waals surface area contributed by atoms with Gasteiger partial charge < -0.3 is 30.6 Å². The van der Waals surface area contributed by atoms with Crippen LogP contribution >= 0.6 is 0 Å². The van der Waals surface area contributed by atoms with Crippen LogP contribution in [0.15, 0.2) is 47.6 Å². The van der Waals surface area contributed by atoms with Gasteiger partial charge in [0.2, 0.25) is 0 Å². The highest BCUT2D eigenvalue weighted by molar-refractivity contribution is 6.02. The zero-order valence-corrected chi connectivity index (χ0v) is 33.7. The van der Waals surface area contributed by atoms with Crippen LogP contribution < -0.4 is 0 Å². The van der Waals surface area contributed by atoms with Crippen LogP contribution in [0.2, 0.25) is 0 Å². The molecule has 0 aliphatic heterocycles. The van der Waals surface area contributed by atoms with E-state index in [2.05, 4.69) is 0 Å². The van der Waals surface area contributed by atoms with Crippen molar-refractivity contribution in [1.82, 2.24) is 0 Å². The first-order chi connectivity index (χ1) is 26.7. The molecule has 0 aromatic carbocycles. The Morgan fingerprint density at radius 2 is 0.966 bits per heavy atom. The van der Waals surface area contributed by atoms with Crippen LogP contribution in [-0.2, 0) is 19.2 Å². The third-order valence-corrected chi connectivity index (χ3v) is 17.6. The normalized spacial score (nSPS) is 53.7. The number of hydrogen-bond acceptors (Lipinski definition) is 10. The number of ketones is 4. The van der Waals surface area contributed by atoms with Crippen molar-refractivity contribution >= 4 is 23.1 Å². The van der Waals surface area contributed by atoms with E-state index in [0.717, 1.165) is 12.2 Å². The van der Waals surface area contributed by atoms with Gasteiger partial charge in [-0.15, -0.1) is 0 Å². The van der Waals surface area contributed by atoms with E-state index in [0.29, 0.717) is 0 Å². The monoisotopic (exact) mass is 820 g/mol. The topological polar surface area (TPSA) is 190 Å². The highest BCUT2D eigenvalue weighted by Gasteiger charge is 2.78. The molecule has 8 aliphatic carbocycles. The maximum Gasteiger partial charge on any atom is 0.190 e. The molecule has 0 spiro atoms. The average molecular weight is 821 g/mol.